The van der Waals surface area contributed by atoms with Gasteiger partial charge in [-0.25, -0.2) is 0 Å². The molecule has 0 N–H and O–H groups in total. The second-order valence-electron chi connectivity index (χ2n) is 5.64. The summed E-state index contributed by atoms with van der Waals surface area (Å²) in [6.07, 6.45) is 0. The number of para-hydroxylation sites is 3. The monoisotopic (exact) mass is 397 g/mol. The maximum atomic E-state index is 13.3. The van der Waals surface area contributed by atoms with Crippen molar-refractivity contribution < 1.29 is 14.6 Å². The van der Waals surface area contributed by atoms with E-state index in [2.05, 4.69) is 0 Å². The molecular formula is C19H12ClN3O5. The average Bonchev–Trinajstić information content (AvgIpc) is 2.69. The molecule has 0 saturated heterocycles. The lowest BCUT2D eigenvalue weighted by molar-refractivity contribution is -0.384. The van der Waals surface area contributed by atoms with Crippen molar-refractivity contribution in [3.63, 3.8) is 0 Å². The molecule has 0 aliphatic heterocycles. The Balaban J connectivity index is 2.18. The summed E-state index contributed by atoms with van der Waals surface area (Å²) in [5, 5.41) is 22.3. The number of hydrogen-bond acceptors (Lipinski definition) is 5. The molecule has 9 heteroatoms. The molecule has 3 aromatic carbocycles. The first-order valence-corrected chi connectivity index (χ1v) is 8.35. The molecule has 0 radical (unpaired) electrons. The molecule has 0 aliphatic rings. The molecule has 1 amide bonds. The van der Waals surface area contributed by atoms with E-state index in [1.54, 1.807) is 36.4 Å². The first kappa shape index (κ1) is 19.0. The Hall–Kier alpha value is -3.78. The lowest BCUT2D eigenvalue weighted by Gasteiger charge is -2.23. The molecule has 0 saturated carbocycles. The minimum absolute atomic E-state index is 0.0192. The Morgan fingerprint density at radius 1 is 0.857 bits per heavy atom. The third-order valence-electron chi connectivity index (χ3n) is 3.93. The standard InChI is InChI=1S/C19H12ClN3O5/c20-16-12-14(22(25)26)10-11-15(16)19(24)21(13-6-2-1-3-7-13)17-8-4-5-9-18(17)23(27)28/h1-12H. The number of nitro benzene ring substituents is 2. The second kappa shape index (κ2) is 7.85. The molecule has 3 rings (SSSR count). The Kier molecular flexibility index (Phi) is 5.32. The minimum Gasteiger partial charge on any atom is -0.270 e. The number of carbonyl (C=O) groups excluding carboxylic acids is 1. The highest BCUT2D eigenvalue weighted by molar-refractivity contribution is 6.35. The van der Waals surface area contributed by atoms with Crippen molar-refractivity contribution in [2.45, 2.75) is 0 Å². The molecule has 0 fully saturated rings. The number of amides is 1. The van der Waals surface area contributed by atoms with E-state index in [1.807, 2.05) is 0 Å². The Labute approximate surface area is 163 Å². The van der Waals surface area contributed by atoms with Crippen LogP contribution in [0.15, 0.2) is 72.8 Å². The second-order valence-corrected chi connectivity index (χ2v) is 6.05. The van der Waals surface area contributed by atoms with Gasteiger partial charge in [-0.2, -0.15) is 0 Å². The summed E-state index contributed by atoms with van der Waals surface area (Å²) in [6, 6.07) is 17.6. The van der Waals surface area contributed by atoms with Gasteiger partial charge in [0, 0.05) is 23.9 Å². The summed E-state index contributed by atoms with van der Waals surface area (Å²) < 4.78 is 0. The van der Waals surface area contributed by atoms with Crippen molar-refractivity contribution in [1.29, 1.82) is 0 Å². The molecule has 0 spiro atoms. The maximum absolute atomic E-state index is 13.3. The van der Waals surface area contributed by atoms with Gasteiger partial charge >= 0.3 is 0 Å². The Morgan fingerprint density at radius 3 is 2.11 bits per heavy atom. The molecule has 28 heavy (non-hydrogen) atoms. The van der Waals surface area contributed by atoms with E-state index in [1.165, 1.54) is 24.3 Å². The van der Waals surface area contributed by atoms with Gasteiger partial charge in [-0.15, -0.1) is 0 Å². The largest absolute Gasteiger partial charge is 0.293 e. The highest BCUT2D eigenvalue weighted by Gasteiger charge is 2.28. The van der Waals surface area contributed by atoms with Gasteiger partial charge in [0.25, 0.3) is 17.3 Å². The molecule has 140 valence electrons. The number of carbonyl (C=O) groups is 1. The van der Waals surface area contributed by atoms with Crippen LogP contribution in [-0.4, -0.2) is 15.8 Å². The summed E-state index contributed by atoms with van der Waals surface area (Å²) in [6.45, 7) is 0. The van der Waals surface area contributed by atoms with Crippen LogP contribution in [0.2, 0.25) is 5.02 Å². The SMILES string of the molecule is O=C(c1ccc([N+](=O)[O-])cc1Cl)N(c1ccccc1)c1ccccc1[N+](=O)[O-]. The predicted molar refractivity (Wildman–Crippen MR) is 104 cm³/mol. The summed E-state index contributed by atoms with van der Waals surface area (Å²) in [4.78, 5) is 35.6. The summed E-state index contributed by atoms with van der Waals surface area (Å²) in [5.41, 5.74) is -0.111. The zero-order valence-electron chi connectivity index (χ0n) is 14.2. The van der Waals surface area contributed by atoms with Gasteiger partial charge in [-0.1, -0.05) is 41.9 Å². The van der Waals surface area contributed by atoms with Crippen molar-refractivity contribution in [2.24, 2.45) is 0 Å². The van der Waals surface area contributed by atoms with Crippen LogP contribution in [0.5, 0.6) is 0 Å². The average molecular weight is 398 g/mol. The van der Waals surface area contributed by atoms with Crippen molar-refractivity contribution in [3.05, 3.63) is 104 Å². The van der Waals surface area contributed by atoms with E-state index in [0.717, 1.165) is 17.0 Å². The van der Waals surface area contributed by atoms with Gasteiger partial charge in [-0.05, 0) is 24.3 Å². The summed E-state index contributed by atoms with van der Waals surface area (Å²) in [5.74, 6) is -0.652. The third-order valence-corrected chi connectivity index (χ3v) is 4.24. The third kappa shape index (κ3) is 3.67. The molecule has 0 heterocycles. The van der Waals surface area contributed by atoms with Crippen LogP contribution in [0.25, 0.3) is 0 Å². The molecule has 0 bridgehead atoms. The number of benzene rings is 3. The van der Waals surface area contributed by atoms with Crippen LogP contribution in [0, 0.1) is 20.2 Å². The highest BCUT2D eigenvalue weighted by atomic mass is 35.5. The van der Waals surface area contributed by atoms with E-state index in [-0.39, 0.29) is 27.6 Å². The fraction of sp³-hybridized carbons (Fsp3) is 0. The van der Waals surface area contributed by atoms with Gasteiger partial charge < -0.3 is 0 Å². The quantitative estimate of drug-likeness (QED) is 0.438. The van der Waals surface area contributed by atoms with Gasteiger partial charge in [-0.3, -0.25) is 29.9 Å². The van der Waals surface area contributed by atoms with Gasteiger partial charge in [0.1, 0.15) is 5.69 Å². The van der Waals surface area contributed by atoms with Crippen molar-refractivity contribution >= 4 is 40.3 Å². The van der Waals surface area contributed by atoms with E-state index in [0.29, 0.717) is 5.69 Å². The zero-order chi connectivity index (χ0) is 20.3. The normalized spacial score (nSPS) is 10.3. The van der Waals surface area contributed by atoms with E-state index < -0.39 is 15.8 Å². The van der Waals surface area contributed by atoms with Crippen LogP contribution in [-0.2, 0) is 0 Å². The van der Waals surface area contributed by atoms with Crippen LogP contribution in [0.4, 0.5) is 22.7 Å². The minimum atomic E-state index is -0.652. The number of nitrogens with zero attached hydrogens (tertiary/aromatic N) is 3. The summed E-state index contributed by atoms with van der Waals surface area (Å²) >= 11 is 6.10. The highest BCUT2D eigenvalue weighted by Crippen LogP contribution is 2.36. The van der Waals surface area contributed by atoms with Crippen LogP contribution >= 0.6 is 11.6 Å². The number of nitro groups is 2. The van der Waals surface area contributed by atoms with Crippen LogP contribution in [0.3, 0.4) is 0 Å². The zero-order valence-corrected chi connectivity index (χ0v) is 14.9. The molecule has 0 aliphatic carbocycles. The molecule has 0 atom stereocenters. The molecule has 8 nitrogen and oxygen atoms in total. The van der Waals surface area contributed by atoms with Gasteiger partial charge in [0.15, 0.2) is 0 Å². The Morgan fingerprint density at radius 2 is 1.50 bits per heavy atom. The number of rotatable bonds is 5. The van der Waals surface area contributed by atoms with E-state index in [9.17, 15) is 25.0 Å². The predicted octanol–water partition coefficient (Wildman–Crippen LogP) is 5.13. The fourth-order valence-corrected chi connectivity index (χ4v) is 2.92. The molecule has 0 unspecified atom stereocenters. The van der Waals surface area contributed by atoms with Crippen molar-refractivity contribution in [3.8, 4) is 0 Å². The first-order valence-electron chi connectivity index (χ1n) is 7.97. The Bertz CT molecular complexity index is 1070. The smallest absolute Gasteiger partial charge is 0.270 e. The number of non-ortho nitro benzene ring substituents is 1. The van der Waals surface area contributed by atoms with Crippen molar-refractivity contribution in [2.75, 3.05) is 4.90 Å². The number of anilines is 2. The van der Waals surface area contributed by atoms with E-state index in [4.69, 9.17) is 11.6 Å². The van der Waals surface area contributed by atoms with Gasteiger partial charge in [0.2, 0.25) is 0 Å². The lowest BCUT2D eigenvalue weighted by Crippen LogP contribution is -2.27. The lowest BCUT2D eigenvalue weighted by atomic mass is 10.1. The van der Waals surface area contributed by atoms with Crippen molar-refractivity contribution in [1.82, 2.24) is 0 Å². The number of hydrogen-bond donors (Lipinski definition) is 0. The van der Waals surface area contributed by atoms with Gasteiger partial charge in [0.05, 0.1) is 20.4 Å². The van der Waals surface area contributed by atoms with E-state index >= 15 is 0 Å². The number of halogens is 1. The summed E-state index contributed by atoms with van der Waals surface area (Å²) in [7, 11) is 0. The molecule has 3 aromatic rings. The fourth-order valence-electron chi connectivity index (χ4n) is 2.66. The molecular weight excluding hydrogens is 386 g/mol. The maximum Gasteiger partial charge on any atom is 0.293 e. The van der Waals surface area contributed by atoms with Crippen LogP contribution < -0.4 is 4.90 Å². The first-order chi connectivity index (χ1) is 13.4. The molecule has 0 aromatic heterocycles. The topological polar surface area (TPSA) is 107 Å². The van der Waals surface area contributed by atoms with Crippen LogP contribution in [0.1, 0.15) is 10.4 Å².